The molecule has 0 amide bonds. The molecule has 0 bridgehead atoms. The number of nitrogens with zero attached hydrogens (tertiary/aromatic N) is 2. The lowest BCUT2D eigenvalue weighted by molar-refractivity contribution is 1.08. The van der Waals surface area contributed by atoms with Crippen molar-refractivity contribution < 1.29 is 0 Å². The molecular formula is C11H8N2S. The van der Waals surface area contributed by atoms with Gasteiger partial charge < -0.3 is 4.57 Å². The Morgan fingerprint density at radius 2 is 1.71 bits per heavy atom. The van der Waals surface area contributed by atoms with E-state index in [0.29, 0.717) is 0 Å². The minimum Gasteiger partial charge on any atom is -0.324 e. The van der Waals surface area contributed by atoms with Gasteiger partial charge in [-0.15, -0.1) is 0 Å². The highest BCUT2D eigenvalue weighted by molar-refractivity contribution is 7.78. The molecule has 3 heteroatoms. The monoisotopic (exact) mass is 200 g/mol. The first-order valence-corrected chi connectivity index (χ1v) is 4.62. The third-order valence-corrected chi connectivity index (χ3v) is 2.02. The smallest absolute Gasteiger partial charge is 0.0741 e. The topological polar surface area (TPSA) is 17.3 Å². The van der Waals surface area contributed by atoms with Crippen LogP contribution in [0.25, 0.3) is 5.69 Å². The Morgan fingerprint density at radius 3 is 2.29 bits per heavy atom. The van der Waals surface area contributed by atoms with Crippen LogP contribution in [-0.2, 0) is 0 Å². The van der Waals surface area contributed by atoms with Crippen LogP contribution >= 0.6 is 12.2 Å². The number of rotatable bonds is 2. The molecule has 68 valence electrons. The van der Waals surface area contributed by atoms with E-state index in [1.165, 1.54) is 0 Å². The molecule has 0 aliphatic carbocycles. The molecule has 0 saturated carbocycles. The molecule has 0 N–H and O–H groups in total. The summed E-state index contributed by atoms with van der Waals surface area (Å²) >= 11 is 4.52. The van der Waals surface area contributed by atoms with Gasteiger partial charge in [0.1, 0.15) is 0 Å². The van der Waals surface area contributed by atoms with Gasteiger partial charge in [-0.05, 0) is 48.6 Å². The van der Waals surface area contributed by atoms with Gasteiger partial charge in [-0.2, -0.15) is 4.99 Å². The van der Waals surface area contributed by atoms with Crippen molar-refractivity contribution in [3.8, 4) is 5.69 Å². The number of hydrogen-bond acceptors (Lipinski definition) is 2. The zero-order chi connectivity index (χ0) is 9.80. The summed E-state index contributed by atoms with van der Waals surface area (Å²) in [6.45, 7) is 0. The zero-order valence-electron chi connectivity index (χ0n) is 7.42. The summed E-state index contributed by atoms with van der Waals surface area (Å²) in [4.78, 5) is 3.88. The Morgan fingerprint density at radius 1 is 1.07 bits per heavy atom. The molecule has 0 saturated heterocycles. The molecule has 1 heterocycles. The van der Waals surface area contributed by atoms with Crippen molar-refractivity contribution in [3.05, 3.63) is 48.8 Å². The van der Waals surface area contributed by atoms with E-state index in [4.69, 9.17) is 0 Å². The van der Waals surface area contributed by atoms with Crippen LogP contribution in [0.3, 0.4) is 0 Å². The summed E-state index contributed by atoms with van der Waals surface area (Å²) in [5.74, 6) is 0. The number of thiocarbonyl (C=S) groups is 1. The first kappa shape index (κ1) is 8.88. The molecule has 0 aliphatic heterocycles. The Balaban J connectivity index is 2.35. The van der Waals surface area contributed by atoms with E-state index in [-0.39, 0.29) is 0 Å². The molecule has 2 rings (SSSR count). The summed E-state index contributed by atoms with van der Waals surface area (Å²) in [7, 11) is 0. The molecule has 1 aromatic carbocycles. The maximum Gasteiger partial charge on any atom is 0.0741 e. The fourth-order valence-corrected chi connectivity index (χ4v) is 1.36. The third kappa shape index (κ3) is 1.79. The van der Waals surface area contributed by atoms with Crippen LogP contribution in [0, 0.1) is 0 Å². The number of aliphatic imine (C=N–C) groups is 1. The second-order valence-electron chi connectivity index (χ2n) is 2.81. The number of isothiocyanates is 1. The molecule has 0 radical (unpaired) electrons. The SMILES string of the molecule is S=C=Nc1ccc(-n2cccc2)cc1. The van der Waals surface area contributed by atoms with Crippen LogP contribution in [0.1, 0.15) is 0 Å². The summed E-state index contributed by atoms with van der Waals surface area (Å²) in [5, 5.41) is 2.34. The molecular weight excluding hydrogens is 192 g/mol. The second-order valence-corrected chi connectivity index (χ2v) is 2.99. The normalized spacial score (nSPS) is 9.43. The van der Waals surface area contributed by atoms with Crippen LogP contribution in [0.5, 0.6) is 0 Å². The average Bonchev–Trinajstić information content (AvgIpc) is 2.72. The minimum atomic E-state index is 0.830. The van der Waals surface area contributed by atoms with Gasteiger partial charge in [-0.1, -0.05) is 0 Å². The van der Waals surface area contributed by atoms with Gasteiger partial charge in [0.15, 0.2) is 0 Å². The highest BCUT2D eigenvalue weighted by atomic mass is 32.1. The van der Waals surface area contributed by atoms with Crippen LogP contribution in [-0.4, -0.2) is 9.73 Å². The van der Waals surface area contributed by atoms with Gasteiger partial charge >= 0.3 is 0 Å². The van der Waals surface area contributed by atoms with Crippen LogP contribution in [0.2, 0.25) is 0 Å². The van der Waals surface area contributed by atoms with Crippen LogP contribution in [0.4, 0.5) is 5.69 Å². The second kappa shape index (κ2) is 4.01. The Kier molecular flexibility index (Phi) is 2.54. The van der Waals surface area contributed by atoms with Crippen molar-refractivity contribution in [1.82, 2.24) is 4.57 Å². The van der Waals surface area contributed by atoms with Crippen molar-refractivity contribution in [1.29, 1.82) is 0 Å². The Labute approximate surface area is 87.5 Å². The lowest BCUT2D eigenvalue weighted by atomic mass is 10.3. The van der Waals surface area contributed by atoms with Crippen molar-refractivity contribution in [2.24, 2.45) is 4.99 Å². The molecule has 14 heavy (non-hydrogen) atoms. The quantitative estimate of drug-likeness (QED) is 0.537. The van der Waals surface area contributed by atoms with E-state index in [9.17, 15) is 0 Å². The van der Waals surface area contributed by atoms with Crippen LogP contribution in [0.15, 0.2) is 53.8 Å². The lowest BCUT2D eigenvalue weighted by Crippen LogP contribution is -1.87. The highest BCUT2D eigenvalue weighted by Crippen LogP contribution is 2.15. The van der Waals surface area contributed by atoms with E-state index in [1.807, 2.05) is 53.4 Å². The fraction of sp³-hybridized carbons (Fsp3) is 0. The molecule has 0 aliphatic rings. The summed E-state index contributed by atoms with van der Waals surface area (Å²) < 4.78 is 2.03. The summed E-state index contributed by atoms with van der Waals surface area (Å²) in [6.07, 6.45) is 3.99. The van der Waals surface area contributed by atoms with Crippen molar-refractivity contribution in [2.45, 2.75) is 0 Å². The maximum absolute atomic E-state index is 4.52. The first-order chi connectivity index (χ1) is 6.90. The van der Waals surface area contributed by atoms with Crippen molar-refractivity contribution in [2.75, 3.05) is 0 Å². The van der Waals surface area contributed by atoms with E-state index >= 15 is 0 Å². The molecule has 2 aromatic rings. The van der Waals surface area contributed by atoms with Gasteiger partial charge in [0.05, 0.1) is 10.8 Å². The molecule has 0 spiro atoms. The number of benzene rings is 1. The number of hydrogen-bond donors (Lipinski definition) is 0. The molecule has 0 atom stereocenters. The predicted octanol–water partition coefficient (Wildman–Crippen LogP) is 3.21. The van der Waals surface area contributed by atoms with Crippen molar-refractivity contribution in [3.63, 3.8) is 0 Å². The van der Waals surface area contributed by atoms with Crippen molar-refractivity contribution >= 4 is 23.1 Å². The van der Waals surface area contributed by atoms with Gasteiger partial charge in [0.2, 0.25) is 0 Å². The predicted molar refractivity (Wildman–Crippen MR) is 60.5 cm³/mol. The summed E-state index contributed by atoms with van der Waals surface area (Å²) in [6, 6.07) is 11.8. The molecule has 2 nitrogen and oxygen atoms in total. The third-order valence-electron chi connectivity index (χ3n) is 1.93. The van der Waals surface area contributed by atoms with Gasteiger partial charge in [0, 0.05) is 18.1 Å². The van der Waals surface area contributed by atoms with E-state index < -0.39 is 0 Å². The largest absolute Gasteiger partial charge is 0.324 e. The summed E-state index contributed by atoms with van der Waals surface area (Å²) in [5.41, 5.74) is 1.94. The van der Waals surface area contributed by atoms with Gasteiger partial charge in [0.25, 0.3) is 0 Å². The molecule has 1 aromatic heterocycles. The fourth-order valence-electron chi connectivity index (χ4n) is 1.26. The molecule has 0 fully saturated rings. The van der Waals surface area contributed by atoms with Crippen LogP contribution < -0.4 is 0 Å². The molecule has 0 unspecified atom stereocenters. The number of aromatic nitrogens is 1. The standard InChI is InChI=1S/C11H8N2S/c14-9-12-10-3-5-11(6-4-10)13-7-1-2-8-13/h1-8H. The highest BCUT2D eigenvalue weighted by Gasteiger charge is 1.93. The van der Waals surface area contributed by atoms with E-state index in [1.54, 1.807) is 0 Å². The van der Waals surface area contributed by atoms with Gasteiger partial charge in [-0.3, -0.25) is 0 Å². The minimum absolute atomic E-state index is 0.830. The van der Waals surface area contributed by atoms with E-state index in [0.717, 1.165) is 11.4 Å². The average molecular weight is 200 g/mol. The first-order valence-electron chi connectivity index (χ1n) is 4.21. The Bertz CT molecular complexity index is 451. The van der Waals surface area contributed by atoms with Gasteiger partial charge in [-0.25, -0.2) is 0 Å². The zero-order valence-corrected chi connectivity index (χ0v) is 8.24. The maximum atomic E-state index is 4.52. The lowest BCUT2D eigenvalue weighted by Gasteiger charge is -2.01. The Hall–Kier alpha value is -1.70. The van der Waals surface area contributed by atoms with E-state index in [2.05, 4.69) is 22.4 Å².